The van der Waals surface area contributed by atoms with Gasteiger partial charge >= 0.3 is 5.97 Å². The molecule has 2 rings (SSSR count). The number of esters is 1. The van der Waals surface area contributed by atoms with Crippen LogP contribution in [0.15, 0.2) is 34.8 Å². The zero-order chi connectivity index (χ0) is 13.1. The summed E-state index contributed by atoms with van der Waals surface area (Å²) in [4.78, 5) is 11.7. The van der Waals surface area contributed by atoms with Gasteiger partial charge in [0.25, 0.3) is 0 Å². The highest BCUT2D eigenvalue weighted by atomic mass is 79.9. The summed E-state index contributed by atoms with van der Waals surface area (Å²) >= 11 is 3.42. The molecule has 0 fully saturated rings. The molecule has 2 aromatic rings. The van der Waals surface area contributed by atoms with Crippen molar-refractivity contribution in [1.29, 1.82) is 0 Å². The number of fused-ring (bicyclic) bond motifs is 1. The van der Waals surface area contributed by atoms with Crippen LogP contribution in [0.25, 0.3) is 10.8 Å². The highest BCUT2D eigenvalue weighted by Crippen LogP contribution is 2.30. The van der Waals surface area contributed by atoms with Crippen LogP contribution in [-0.2, 0) is 4.74 Å². The summed E-state index contributed by atoms with van der Waals surface area (Å²) in [5, 5.41) is 1.90. The molecule has 0 spiro atoms. The predicted octanol–water partition coefficient (Wildman–Crippen LogP) is 3.79. The largest absolute Gasteiger partial charge is 0.496 e. The fraction of sp³-hybridized carbons (Fsp3) is 0.214. The van der Waals surface area contributed by atoms with E-state index in [-0.39, 0.29) is 5.97 Å². The summed E-state index contributed by atoms with van der Waals surface area (Å²) in [5.74, 6) is 0.331. The van der Waals surface area contributed by atoms with E-state index in [0.717, 1.165) is 15.2 Å². The fourth-order valence-electron chi connectivity index (χ4n) is 1.80. The smallest absolute Gasteiger partial charge is 0.338 e. The lowest BCUT2D eigenvalue weighted by Crippen LogP contribution is -2.05. The molecule has 18 heavy (non-hydrogen) atoms. The highest BCUT2D eigenvalue weighted by molar-refractivity contribution is 9.10. The maximum Gasteiger partial charge on any atom is 0.338 e. The van der Waals surface area contributed by atoms with Gasteiger partial charge in [0.2, 0.25) is 0 Å². The first kappa shape index (κ1) is 12.9. The lowest BCUT2D eigenvalue weighted by molar-refractivity contribution is 0.0526. The Morgan fingerprint density at radius 3 is 2.72 bits per heavy atom. The third-order valence-electron chi connectivity index (χ3n) is 2.61. The van der Waals surface area contributed by atoms with E-state index in [1.807, 2.05) is 24.3 Å². The van der Waals surface area contributed by atoms with Gasteiger partial charge in [-0.2, -0.15) is 0 Å². The van der Waals surface area contributed by atoms with E-state index in [1.165, 1.54) is 0 Å². The lowest BCUT2D eigenvalue weighted by atomic mass is 10.1. The number of methoxy groups -OCH3 is 1. The van der Waals surface area contributed by atoms with Crippen LogP contribution >= 0.6 is 15.9 Å². The molecule has 0 aliphatic rings. The number of hydrogen-bond donors (Lipinski definition) is 0. The van der Waals surface area contributed by atoms with Gasteiger partial charge in [-0.1, -0.05) is 22.0 Å². The van der Waals surface area contributed by atoms with Crippen molar-refractivity contribution in [2.45, 2.75) is 6.92 Å². The summed E-state index contributed by atoms with van der Waals surface area (Å²) < 4.78 is 11.3. The monoisotopic (exact) mass is 308 g/mol. The first-order valence-corrected chi connectivity index (χ1v) is 6.39. The number of ether oxygens (including phenoxy) is 2. The highest BCUT2D eigenvalue weighted by Gasteiger charge is 2.11. The maximum absolute atomic E-state index is 11.7. The third kappa shape index (κ3) is 2.48. The molecule has 2 aromatic carbocycles. The van der Waals surface area contributed by atoms with Crippen LogP contribution in [0, 0.1) is 0 Å². The minimum atomic E-state index is -0.333. The van der Waals surface area contributed by atoms with Gasteiger partial charge < -0.3 is 9.47 Å². The average Bonchev–Trinajstić information content (AvgIpc) is 2.37. The van der Waals surface area contributed by atoms with E-state index in [9.17, 15) is 4.79 Å². The number of carbonyl (C=O) groups excluding carboxylic acids is 1. The Hall–Kier alpha value is -1.55. The van der Waals surface area contributed by atoms with E-state index in [2.05, 4.69) is 15.9 Å². The van der Waals surface area contributed by atoms with E-state index in [0.29, 0.717) is 17.9 Å². The third-order valence-corrected chi connectivity index (χ3v) is 3.10. The second-order valence-electron chi connectivity index (χ2n) is 3.76. The quantitative estimate of drug-likeness (QED) is 0.809. The molecule has 0 saturated carbocycles. The summed E-state index contributed by atoms with van der Waals surface area (Å²) in [6.45, 7) is 2.15. The second-order valence-corrected chi connectivity index (χ2v) is 4.68. The van der Waals surface area contributed by atoms with Gasteiger partial charge in [0.15, 0.2) is 0 Å². The summed E-state index contributed by atoms with van der Waals surface area (Å²) in [7, 11) is 1.59. The van der Waals surface area contributed by atoms with E-state index >= 15 is 0 Å². The minimum absolute atomic E-state index is 0.333. The molecule has 0 heterocycles. The van der Waals surface area contributed by atoms with Gasteiger partial charge in [0.1, 0.15) is 5.75 Å². The SMILES string of the molecule is CCOC(=O)c1cc(OC)c2cc(Br)ccc2c1. The van der Waals surface area contributed by atoms with Crippen molar-refractivity contribution in [3.63, 3.8) is 0 Å². The zero-order valence-electron chi connectivity index (χ0n) is 10.2. The molecule has 0 unspecified atom stereocenters. The summed E-state index contributed by atoms with van der Waals surface area (Å²) in [6, 6.07) is 9.33. The Balaban J connectivity index is 2.59. The standard InChI is InChI=1S/C14H13BrO3/c1-3-18-14(16)10-6-9-4-5-11(15)8-12(9)13(7-10)17-2/h4-8H,3H2,1-2H3. The van der Waals surface area contributed by atoms with Gasteiger partial charge in [-0.3, -0.25) is 0 Å². The molecule has 0 aliphatic carbocycles. The Bertz CT molecular complexity index is 593. The van der Waals surface area contributed by atoms with Crippen LogP contribution in [0.1, 0.15) is 17.3 Å². The molecule has 0 aliphatic heterocycles. The Morgan fingerprint density at radius 1 is 1.28 bits per heavy atom. The predicted molar refractivity (Wildman–Crippen MR) is 74.2 cm³/mol. The van der Waals surface area contributed by atoms with Gasteiger partial charge in [0, 0.05) is 9.86 Å². The first-order chi connectivity index (χ1) is 8.65. The van der Waals surface area contributed by atoms with Crippen LogP contribution in [0.5, 0.6) is 5.75 Å². The molecular weight excluding hydrogens is 296 g/mol. The second kappa shape index (κ2) is 5.40. The molecule has 0 bridgehead atoms. The first-order valence-electron chi connectivity index (χ1n) is 5.60. The van der Waals surface area contributed by atoms with E-state index in [1.54, 1.807) is 20.1 Å². The molecule has 0 N–H and O–H groups in total. The topological polar surface area (TPSA) is 35.5 Å². The maximum atomic E-state index is 11.7. The molecule has 4 heteroatoms. The van der Waals surface area contributed by atoms with Crippen molar-refractivity contribution < 1.29 is 14.3 Å². The normalized spacial score (nSPS) is 10.4. The molecule has 0 atom stereocenters. The average molecular weight is 309 g/mol. The van der Waals surface area contributed by atoms with Crippen LogP contribution in [0.3, 0.4) is 0 Å². The number of benzene rings is 2. The van der Waals surface area contributed by atoms with Crippen molar-refractivity contribution in [2.75, 3.05) is 13.7 Å². The number of carbonyl (C=O) groups is 1. The van der Waals surface area contributed by atoms with Crippen LogP contribution in [-0.4, -0.2) is 19.7 Å². The molecule has 3 nitrogen and oxygen atoms in total. The van der Waals surface area contributed by atoms with Gasteiger partial charge in [-0.15, -0.1) is 0 Å². The van der Waals surface area contributed by atoms with Crippen molar-refractivity contribution in [2.24, 2.45) is 0 Å². The van der Waals surface area contributed by atoms with Crippen molar-refractivity contribution >= 4 is 32.7 Å². The number of halogens is 1. The Kier molecular flexibility index (Phi) is 3.87. The van der Waals surface area contributed by atoms with Gasteiger partial charge in [0.05, 0.1) is 19.3 Å². The molecule has 0 saturated heterocycles. The van der Waals surface area contributed by atoms with Crippen LogP contribution in [0.2, 0.25) is 0 Å². The van der Waals surface area contributed by atoms with Gasteiger partial charge in [-0.05, 0) is 36.6 Å². The van der Waals surface area contributed by atoms with Crippen molar-refractivity contribution in [3.05, 3.63) is 40.4 Å². The summed E-state index contributed by atoms with van der Waals surface area (Å²) in [5.41, 5.74) is 0.503. The number of hydrogen-bond acceptors (Lipinski definition) is 3. The van der Waals surface area contributed by atoms with Gasteiger partial charge in [-0.25, -0.2) is 4.79 Å². The lowest BCUT2D eigenvalue weighted by Gasteiger charge is -2.09. The number of rotatable bonds is 3. The molecular formula is C14H13BrO3. The van der Waals surface area contributed by atoms with Crippen LogP contribution in [0.4, 0.5) is 0 Å². The Morgan fingerprint density at radius 2 is 2.06 bits per heavy atom. The molecule has 94 valence electrons. The van der Waals surface area contributed by atoms with Crippen molar-refractivity contribution in [3.8, 4) is 5.75 Å². The fourth-order valence-corrected chi connectivity index (χ4v) is 2.16. The molecule has 0 aromatic heterocycles. The molecule has 0 amide bonds. The molecule has 0 radical (unpaired) electrons. The van der Waals surface area contributed by atoms with Crippen LogP contribution < -0.4 is 4.74 Å². The summed E-state index contributed by atoms with van der Waals surface area (Å²) in [6.07, 6.45) is 0. The van der Waals surface area contributed by atoms with E-state index in [4.69, 9.17) is 9.47 Å². The Labute approximate surface area is 114 Å². The van der Waals surface area contributed by atoms with Crippen molar-refractivity contribution in [1.82, 2.24) is 0 Å². The minimum Gasteiger partial charge on any atom is -0.496 e. The van der Waals surface area contributed by atoms with E-state index < -0.39 is 0 Å². The zero-order valence-corrected chi connectivity index (χ0v) is 11.8.